The highest BCUT2D eigenvalue weighted by atomic mass is 16.5. The van der Waals surface area contributed by atoms with Gasteiger partial charge in [-0.15, -0.1) is 0 Å². The molecular weight excluding hydrogens is 196 g/mol. The number of aromatic hydroxyl groups is 1. The van der Waals surface area contributed by atoms with Crippen molar-refractivity contribution in [3.63, 3.8) is 0 Å². The van der Waals surface area contributed by atoms with Crippen LogP contribution in [-0.2, 0) is 0 Å². The SMILES string of the molecule is COc1cc2ccc(=O)oc2c(O)c1C. The van der Waals surface area contributed by atoms with Crippen molar-refractivity contribution in [3.8, 4) is 11.5 Å². The number of hydrogen-bond acceptors (Lipinski definition) is 4. The fourth-order valence-corrected chi connectivity index (χ4v) is 1.47. The average molecular weight is 206 g/mol. The third kappa shape index (κ3) is 1.44. The van der Waals surface area contributed by atoms with Crippen molar-refractivity contribution < 1.29 is 14.3 Å². The van der Waals surface area contributed by atoms with Gasteiger partial charge in [0.2, 0.25) is 0 Å². The molecule has 78 valence electrons. The predicted octanol–water partition coefficient (Wildman–Crippen LogP) is 1.82. The Hall–Kier alpha value is -1.97. The van der Waals surface area contributed by atoms with Gasteiger partial charge in [0.1, 0.15) is 5.75 Å². The normalized spacial score (nSPS) is 10.5. The van der Waals surface area contributed by atoms with Gasteiger partial charge in [0.15, 0.2) is 11.3 Å². The van der Waals surface area contributed by atoms with Gasteiger partial charge in [-0.25, -0.2) is 4.79 Å². The zero-order valence-electron chi connectivity index (χ0n) is 8.40. The Labute approximate surface area is 85.7 Å². The van der Waals surface area contributed by atoms with E-state index in [1.54, 1.807) is 19.1 Å². The molecule has 0 unspecified atom stereocenters. The smallest absolute Gasteiger partial charge is 0.336 e. The Morgan fingerprint density at radius 1 is 1.40 bits per heavy atom. The van der Waals surface area contributed by atoms with Crippen LogP contribution in [0.2, 0.25) is 0 Å². The van der Waals surface area contributed by atoms with E-state index in [4.69, 9.17) is 9.15 Å². The number of hydrogen-bond donors (Lipinski definition) is 1. The molecule has 15 heavy (non-hydrogen) atoms. The summed E-state index contributed by atoms with van der Waals surface area (Å²) in [7, 11) is 1.52. The third-order valence-corrected chi connectivity index (χ3v) is 2.31. The Morgan fingerprint density at radius 3 is 2.80 bits per heavy atom. The van der Waals surface area contributed by atoms with Crippen molar-refractivity contribution in [2.45, 2.75) is 6.92 Å². The minimum Gasteiger partial charge on any atom is -0.504 e. The molecule has 0 amide bonds. The molecule has 0 aliphatic heterocycles. The van der Waals surface area contributed by atoms with Crippen molar-refractivity contribution in [2.75, 3.05) is 7.11 Å². The van der Waals surface area contributed by atoms with Crippen LogP contribution in [0, 0.1) is 6.92 Å². The number of methoxy groups -OCH3 is 1. The Bertz CT molecular complexity index is 569. The van der Waals surface area contributed by atoms with Gasteiger partial charge in [0, 0.05) is 17.0 Å². The molecular formula is C11H10O4. The van der Waals surface area contributed by atoms with Gasteiger partial charge >= 0.3 is 5.63 Å². The number of phenols is 1. The zero-order valence-corrected chi connectivity index (χ0v) is 8.40. The summed E-state index contributed by atoms with van der Waals surface area (Å²) in [4.78, 5) is 11.0. The van der Waals surface area contributed by atoms with Crippen LogP contribution in [0.5, 0.6) is 11.5 Å². The highest BCUT2D eigenvalue weighted by molar-refractivity contribution is 5.85. The average Bonchev–Trinajstić information content (AvgIpc) is 2.24. The molecule has 2 rings (SSSR count). The van der Waals surface area contributed by atoms with E-state index >= 15 is 0 Å². The van der Waals surface area contributed by atoms with Crippen LogP contribution in [-0.4, -0.2) is 12.2 Å². The summed E-state index contributed by atoms with van der Waals surface area (Å²) in [6.45, 7) is 1.70. The molecule has 0 aliphatic rings. The molecule has 4 nitrogen and oxygen atoms in total. The number of benzene rings is 1. The standard InChI is InChI=1S/C11H10O4/c1-6-8(14-2)5-7-3-4-9(12)15-11(7)10(6)13/h3-5,13H,1-2H3. The Morgan fingerprint density at radius 2 is 2.13 bits per heavy atom. The molecule has 0 spiro atoms. The lowest BCUT2D eigenvalue weighted by molar-refractivity contribution is 0.401. The number of ether oxygens (including phenoxy) is 1. The maximum Gasteiger partial charge on any atom is 0.336 e. The second kappa shape index (κ2) is 3.31. The first-order valence-electron chi connectivity index (χ1n) is 4.44. The molecule has 1 aromatic heterocycles. The van der Waals surface area contributed by atoms with E-state index in [1.165, 1.54) is 13.2 Å². The summed E-state index contributed by atoms with van der Waals surface area (Å²) in [6, 6.07) is 4.60. The van der Waals surface area contributed by atoms with E-state index in [9.17, 15) is 9.90 Å². The molecule has 0 saturated carbocycles. The van der Waals surface area contributed by atoms with Crippen LogP contribution in [0.3, 0.4) is 0 Å². The van der Waals surface area contributed by atoms with Crippen LogP contribution in [0.1, 0.15) is 5.56 Å². The van der Waals surface area contributed by atoms with E-state index in [0.29, 0.717) is 16.7 Å². The molecule has 0 aliphatic carbocycles. The topological polar surface area (TPSA) is 59.7 Å². The van der Waals surface area contributed by atoms with Crippen LogP contribution in [0.25, 0.3) is 11.0 Å². The highest BCUT2D eigenvalue weighted by Crippen LogP contribution is 2.34. The van der Waals surface area contributed by atoms with Gasteiger partial charge in [-0.05, 0) is 19.1 Å². The van der Waals surface area contributed by atoms with Crippen molar-refractivity contribution in [1.29, 1.82) is 0 Å². The van der Waals surface area contributed by atoms with Gasteiger partial charge in [-0.1, -0.05) is 0 Å². The van der Waals surface area contributed by atoms with Crippen LogP contribution < -0.4 is 10.4 Å². The van der Waals surface area contributed by atoms with Crippen LogP contribution in [0.15, 0.2) is 27.4 Å². The summed E-state index contributed by atoms with van der Waals surface area (Å²) >= 11 is 0. The summed E-state index contributed by atoms with van der Waals surface area (Å²) in [5, 5.41) is 10.4. The summed E-state index contributed by atoms with van der Waals surface area (Å²) in [6.07, 6.45) is 0. The maximum absolute atomic E-state index is 11.0. The minimum absolute atomic E-state index is 0.0537. The quantitative estimate of drug-likeness (QED) is 0.723. The lowest BCUT2D eigenvalue weighted by Crippen LogP contribution is -1.96. The number of phenolic OH excluding ortho intramolecular Hbond substituents is 1. The Kier molecular flexibility index (Phi) is 2.11. The van der Waals surface area contributed by atoms with Gasteiger partial charge in [0.05, 0.1) is 7.11 Å². The Balaban J connectivity index is 2.90. The summed E-state index contributed by atoms with van der Waals surface area (Å²) < 4.78 is 10.00. The van der Waals surface area contributed by atoms with Crippen LogP contribution in [0.4, 0.5) is 0 Å². The fourth-order valence-electron chi connectivity index (χ4n) is 1.47. The lowest BCUT2D eigenvalue weighted by Gasteiger charge is -2.08. The molecule has 0 radical (unpaired) electrons. The van der Waals surface area contributed by atoms with E-state index in [-0.39, 0.29) is 11.3 Å². The number of fused-ring (bicyclic) bond motifs is 1. The first-order valence-corrected chi connectivity index (χ1v) is 4.44. The van der Waals surface area contributed by atoms with Crippen molar-refractivity contribution in [2.24, 2.45) is 0 Å². The fraction of sp³-hybridized carbons (Fsp3) is 0.182. The zero-order chi connectivity index (χ0) is 11.0. The largest absolute Gasteiger partial charge is 0.504 e. The molecule has 4 heteroatoms. The molecule has 0 saturated heterocycles. The lowest BCUT2D eigenvalue weighted by atomic mass is 10.1. The minimum atomic E-state index is -0.484. The van der Waals surface area contributed by atoms with E-state index < -0.39 is 5.63 Å². The van der Waals surface area contributed by atoms with Gasteiger partial charge in [0.25, 0.3) is 0 Å². The molecule has 0 bridgehead atoms. The van der Waals surface area contributed by atoms with Crippen molar-refractivity contribution >= 4 is 11.0 Å². The molecule has 1 aromatic carbocycles. The van der Waals surface area contributed by atoms with Crippen LogP contribution >= 0.6 is 0 Å². The second-order valence-electron chi connectivity index (χ2n) is 3.23. The second-order valence-corrected chi connectivity index (χ2v) is 3.23. The van der Waals surface area contributed by atoms with E-state index in [2.05, 4.69) is 0 Å². The highest BCUT2D eigenvalue weighted by Gasteiger charge is 2.11. The van der Waals surface area contributed by atoms with E-state index in [0.717, 1.165) is 0 Å². The molecule has 2 aromatic rings. The van der Waals surface area contributed by atoms with Gasteiger partial charge < -0.3 is 14.3 Å². The molecule has 0 atom stereocenters. The summed E-state index contributed by atoms with van der Waals surface area (Å²) in [5.41, 5.74) is 0.266. The predicted molar refractivity (Wildman–Crippen MR) is 55.4 cm³/mol. The maximum atomic E-state index is 11.0. The third-order valence-electron chi connectivity index (χ3n) is 2.31. The molecule has 0 fully saturated rings. The van der Waals surface area contributed by atoms with Gasteiger partial charge in [-0.3, -0.25) is 0 Å². The van der Waals surface area contributed by atoms with E-state index in [1.807, 2.05) is 0 Å². The first-order chi connectivity index (χ1) is 7.13. The number of rotatable bonds is 1. The monoisotopic (exact) mass is 206 g/mol. The van der Waals surface area contributed by atoms with Crippen molar-refractivity contribution in [1.82, 2.24) is 0 Å². The molecule has 1 heterocycles. The van der Waals surface area contributed by atoms with Crippen molar-refractivity contribution in [3.05, 3.63) is 34.2 Å². The summed E-state index contributed by atoms with van der Waals surface area (Å²) in [5.74, 6) is 0.510. The van der Waals surface area contributed by atoms with Gasteiger partial charge in [-0.2, -0.15) is 0 Å². The first kappa shape index (κ1) is 9.58. The molecule has 1 N–H and O–H groups in total.